The molecule has 0 fully saturated rings. The predicted molar refractivity (Wildman–Crippen MR) is 80.9 cm³/mol. The molecule has 2 aromatic rings. The van der Waals surface area contributed by atoms with Gasteiger partial charge in [-0.3, -0.25) is 9.48 Å². The number of nitrogens with zero attached hydrogens (tertiary/aromatic N) is 2. The second-order valence-corrected chi connectivity index (χ2v) is 4.58. The predicted octanol–water partition coefficient (Wildman–Crippen LogP) is 1.71. The molecular weight excluding hydrogens is 266 g/mol. The van der Waals surface area contributed by atoms with Crippen LogP contribution in [0.2, 0.25) is 0 Å². The molecule has 0 radical (unpaired) electrons. The standard InChI is InChI=1S/C16H17N3O2/c1-12-13(6-3-4-11-20)7-5-8-14(12)16(21)17-15-9-10-19(2)18-15/h5,7-10,20H,4,11H2,1-2H3,(H,17,18,21). The molecule has 1 aromatic carbocycles. The lowest BCUT2D eigenvalue weighted by Gasteiger charge is -2.07. The van der Waals surface area contributed by atoms with Gasteiger partial charge in [0.15, 0.2) is 5.82 Å². The van der Waals surface area contributed by atoms with Gasteiger partial charge in [-0.05, 0) is 24.6 Å². The molecule has 0 aliphatic heterocycles. The normalized spacial score (nSPS) is 9.86. The highest BCUT2D eigenvalue weighted by Gasteiger charge is 2.12. The third-order valence-electron chi connectivity index (χ3n) is 2.99. The number of anilines is 1. The molecule has 1 aromatic heterocycles. The molecule has 0 spiro atoms. The summed E-state index contributed by atoms with van der Waals surface area (Å²) < 4.78 is 1.62. The number of aliphatic hydroxyl groups excluding tert-OH is 1. The van der Waals surface area contributed by atoms with Crippen molar-refractivity contribution in [1.29, 1.82) is 0 Å². The lowest BCUT2D eigenvalue weighted by Crippen LogP contribution is -2.14. The van der Waals surface area contributed by atoms with E-state index in [-0.39, 0.29) is 12.5 Å². The molecule has 2 N–H and O–H groups in total. The molecule has 0 atom stereocenters. The van der Waals surface area contributed by atoms with Crippen LogP contribution in [0.1, 0.15) is 27.9 Å². The van der Waals surface area contributed by atoms with Crippen molar-refractivity contribution in [2.24, 2.45) is 7.05 Å². The van der Waals surface area contributed by atoms with E-state index < -0.39 is 0 Å². The van der Waals surface area contributed by atoms with Gasteiger partial charge in [0, 0.05) is 36.9 Å². The maximum Gasteiger partial charge on any atom is 0.257 e. The number of nitrogens with one attached hydrogen (secondary N) is 1. The number of aromatic nitrogens is 2. The van der Waals surface area contributed by atoms with Crippen molar-refractivity contribution in [3.05, 3.63) is 47.2 Å². The van der Waals surface area contributed by atoms with Crippen LogP contribution in [-0.4, -0.2) is 27.4 Å². The van der Waals surface area contributed by atoms with Crippen LogP contribution in [0.25, 0.3) is 0 Å². The number of hydrogen-bond acceptors (Lipinski definition) is 3. The molecule has 1 heterocycles. The van der Waals surface area contributed by atoms with Crippen LogP contribution < -0.4 is 5.32 Å². The maximum absolute atomic E-state index is 12.3. The Bertz CT molecular complexity index is 708. The van der Waals surface area contributed by atoms with Gasteiger partial charge < -0.3 is 10.4 Å². The first-order valence-corrected chi connectivity index (χ1v) is 6.62. The van der Waals surface area contributed by atoms with Gasteiger partial charge in [0.2, 0.25) is 0 Å². The zero-order valence-electron chi connectivity index (χ0n) is 12.1. The van der Waals surface area contributed by atoms with Crippen molar-refractivity contribution in [1.82, 2.24) is 9.78 Å². The summed E-state index contributed by atoms with van der Waals surface area (Å²) in [5, 5.41) is 15.6. The van der Waals surface area contributed by atoms with Crippen LogP contribution in [0, 0.1) is 18.8 Å². The lowest BCUT2D eigenvalue weighted by molar-refractivity contribution is 0.102. The second kappa shape index (κ2) is 6.73. The molecule has 0 bridgehead atoms. The van der Waals surface area contributed by atoms with Gasteiger partial charge >= 0.3 is 0 Å². The van der Waals surface area contributed by atoms with E-state index in [9.17, 15) is 4.79 Å². The summed E-state index contributed by atoms with van der Waals surface area (Å²) in [7, 11) is 1.79. The van der Waals surface area contributed by atoms with E-state index >= 15 is 0 Å². The lowest BCUT2D eigenvalue weighted by atomic mass is 10.0. The Morgan fingerprint density at radius 2 is 2.24 bits per heavy atom. The number of hydrogen-bond donors (Lipinski definition) is 2. The average molecular weight is 283 g/mol. The minimum absolute atomic E-state index is 0.0336. The van der Waals surface area contributed by atoms with Crippen molar-refractivity contribution in [3.63, 3.8) is 0 Å². The van der Waals surface area contributed by atoms with Gasteiger partial charge in [-0.15, -0.1) is 0 Å². The summed E-state index contributed by atoms with van der Waals surface area (Å²) in [6.45, 7) is 1.89. The van der Waals surface area contributed by atoms with Crippen LogP contribution in [-0.2, 0) is 7.05 Å². The molecule has 5 nitrogen and oxygen atoms in total. The first kappa shape index (κ1) is 14.8. The van der Waals surface area contributed by atoms with E-state index in [4.69, 9.17) is 5.11 Å². The second-order valence-electron chi connectivity index (χ2n) is 4.58. The van der Waals surface area contributed by atoms with Crippen molar-refractivity contribution in [2.75, 3.05) is 11.9 Å². The molecule has 0 saturated carbocycles. The minimum atomic E-state index is -0.211. The fraction of sp³-hybridized carbons (Fsp3) is 0.250. The van der Waals surface area contributed by atoms with Crippen LogP contribution in [0.15, 0.2) is 30.5 Å². The molecule has 21 heavy (non-hydrogen) atoms. The number of amides is 1. The number of carbonyl (C=O) groups excluding carboxylic acids is 1. The topological polar surface area (TPSA) is 67.2 Å². The van der Waals surface area contributed by atoms with E-state index in [0.717, 1.165) is 11.1 Å². The molecule has 0 aliphatic carbocycles. The summed E-state index contributed by atoms with van der Waals surface area (Å²) in [4.78, 5) is 12.3. The molecule has 5 heteroatoms. The van der Waals surface area contributed by atoms with Gasteiger partial charge in [0.25, 0.3) is 5.91 Å². The van der Waals surface area contributed by atoms with E-state index in [1.807, 2.05) is 13.0 Å². The van der Waals surface area contributed by atoms with E-state index in [2.05, 4.69) is 22.3 Å². The van der Waals surface area contributed by atoms with Crippen LogP contribution in [0.3, 0.4) is 0 Å². The summed E-state index contributed by atoms with van der Waals surface area (Å²) in [6.07, 6.45) is 2.18. The fourth-order valence-corrected chi connectivity index (χ4v) is 1.90. The Balaban J connectivity index is 2.22. The smallest absolute Gasteiger partial charge is 0.257 e. The van der Waals surface area contributed by atoms with Gasteiger partial charge in [-0.1, -0.05) is 17.9 Å². The molecule has 0 unspecified atom stereocenters. The zero-order valence-corrected chi connectivity index (χ0v) is 12.1. The van der Waals surface area contributed by atoms with E-state index in [1.165, 1.54) is 0 Å². The van der Waals surface area contributed by atoms with Gasteiger partial charge in [0.1, 0.15) is 0 Å². The van der Waals surface area contributed by atoms with Crippen molar-refractivity contribution in [3.8, 4) is 11.8 Å². The van der Waals surface area contributed by atoms with E-state index in [0.29, 0.717) is 17.8 Å². The Labute approximate surface area is 123 Å². The van der Waals surface area contributed by atoms with Crippen molar-refractivity contribution < 1.29 is 9.90 Å². The maximum atomic E-state index is 12.3. The zero-order chi connectivity index (χ0) is 15.2. The van der Waals surface area contributed by atoms with Crippen LogP contribution in [0.4, 0.5) is 5.82 Å². The number of carbonyl (C=O) groups is 1. The molecule has 2 rings (SSSR count). The number of aryl methyl sites for hydroxylation is 1. The monoisotopic (exact) mass is 283 g/mol. The third kappa shape index (κ3) is 3.71. The quantitative estimate of drug-likeness (QED) is 0.843. The largest absolute Gasteiger partial charge is 0.395 e. The number of aliphatic hydroxyl groups is 1. The highest BCUT2D eigenvalue weighted by atomic mass is 16.2. The molecule has 1 amide bonds. The molecular formula is C16H17N3O2. The fourth-order valence-electron chi connectivity index (χ4n) is 1.90. The summed E-state index contributed by atoms with van der Waals surface area (Å²) in [6, 6.07) is 7.14. The molecule has 108 valence electrons. The van der Waals surface area contributed by atoms with Crippen molar-refractivity contribution >= 4 is 11.7 Å². The van der Waals surface area contributed by atoms with Crippen LogP contribution >= 0.6 is 0 Å². The first-order chi connectivity index (χ1) is 10.1. The molecule has 0 saturated heterocycles. The average Bonchev–Trinajstić information content (AvgIpc) is 2.86. The Hall–Kier alpha value is -2.58. The molecule has 0 aliphatic rings. The number of benzene rings is 1. The third-order valence-corrected chi connectivity index (χ3v) is 2.99. The minimum Gasteiger partial charge on any atom is -0.395 e. The Morgan fingerprint density at radius 1 is 1.43 bits per heavy atom. The highest BCUT2D eigenvalue weighted by Crippen LogP contribution is 2.15. The summed E-state index contributed by atoms with van der Waals surface area (Å²) >= 11 is 0. The highest BCUT2D eigenvalue weighted by molar-refractivity contribution is 6.05. The Kier molecular flexibility index (Phi) is 4.75. The summed E-state index contributed by atoms with van der Waals surface area (Å²) in [5.74, 6) is 6.13. The first-order valence-electron chi connectivity index (χ1n) is 6.62. The SMILES string of the molecule is Cc1c(C#CCCO)cccc1C(=O)Nc1ccn(C)n1. The summed E-state index contributed by atoms with van der Waals surface area (Å²) in [5.41, 5.74) is 2.17. The number of rotatable bonds is 3. The van der Waals surface area contributed by atoms with Gasteiger partial charge in [-0.2, -0.15) is 5.10 Å². The van der Waals surface area contributed by atoms with Gasteiger partial charge in [-0.25, -0.2) is 0 Å². The van der Waals surface area contributed by atoms with Crippen molar-refractivity contribution in [2.45, 2.75) is 13.3 Å². The van der Waals surface area contributed by atoms with Crippen LogP contribution in [0.5, 0.6) is 0 Å². The Morgan fingerprint density at radius 3 is 2.90 bits per heavy atom. The van der Waals surface area contributed by atoms with Gasteiger partial charge in [0.05, 0.1) is 6.61 Å². The van der Waals surface area contributed by atoms with E-state index in [1.54, 1.807) is 36.1 Å².